The van der Waals surface area contributed by atoms with Gasteiger partial charge in [0.15, 0.2) is 0 Å². The summed E-state index contributed by atoms with van der Waals surface area (Å²) in [6.07, 6.45) is 4.87. The van der Waals surface area contributed by atoms with E-state index in [1.165, 1.54) is 19.2 Å². The first kappa shape index (κ1) is 14.6. The highest BCUT2D eigenvalue weighted by molar-refractivity contribution is 6.21. The van der Waals surface area contributed by atoms with Crippen LogP contribution in [0.5, 0.6) is 5.75 Å². The molecule has 0 aliphatic heterocycles. The van der Waals surface area contributed by atoms with Crippen molar-refractivity contribution in [2.24, 2.45) is 5.41 Å². The van der Waals surface area contributed by atoms with E-state index in [2.05, 4.69) is 0 Å². The normalized spacial score (nSPS) is 19.4. The van der Waals surface area contributed by atoms with Crippen LogP contribution in [0.25, 0.3) is 0 Å². The van der Waals surface area contributed by atoms with Crippen molar-refractivity contribution in [1.82, 2.24) is 0 Å². The van der Waals surface area contributed by atoms with Gasteiger partial charge in [-0.05, 0) is 24.7 Å². The maximum Gasteiger partial charge on any atom is 0.134 e. The van der Waals surface area contributed by atoms with Gasteiger partial charge in [0.1, 0.15) is 17.4 Å². The fourth-order valence-corrected chi connectivity index (χ4v) is 3.67. The van der Waals surface area contributed by atoms with E-state index in [0.717, 1.165) is 32.1 Å². The molecule has 1 unspecified atom stereocenters. The fraction of sp³-hybridized carbons (Fsp3) is 0.600. The van der Waals surface area contributed by atoms with Crippen molar-refractivity contribution in [3.05, 3.63) is 29.3 Å². The van der Waals surface area contributed by atoms with Crippen molar-refractivity contribution in [1.29, 1.82) is 0 Å². The molecule has 2 rings (SSSR count). The maximum atomic E-state index is 14.1. The SMILES string of the molecule is CCC1(C(Cl)c2c(F)cc(OC)cc2F)CCCC1. The van der Waals surface area contributed by atoms with Crippen LogP contribution >= 0.6 is 11.6 Å². The zero-order chi connectivity index (χ0) is 14.0. The fourth-order valence-electron chi connectivity index (χ4n) is 3.09. The summed E-state index contributed by atoms with van der Waals surface area (Å²) in [7, 11) is 1.39. The third-order valence-electron chi connectivity index (χ3n) is 4.38. The number of hydrogen-bond donors (Lipinski definition) is 0. The molecule has 19 heavy (non-hydrogen) atoms. The average Bonchev–Trinajstić information content (AvgIpc) is 2.87. The molecule has 1 aliphatic rings. The van der Waals surface area contributed by atoms with E-state index in [1.54, 1.807) is 0 Å². The number of hydrogen-bond acceptors (Lipinski definition) is 1. The lowest BCUT2D eigenvalue weighted by molar-refractivity contribution is 0.262. The van der Waals surface area contributed by atoms with Crippen molar-refractivity contribution >= 4 is 11.6 Å². The summed E-state index contributed by atoms with van der Waals surface area (Å²) in [6.45, 7) is 2.04. The van der Waals surface area contributed by atoms with Gasteiger partial charge in [-0.15, -0.1) is 11.6 Å². The van der Waals surface area contributed by atoms with Crippen LogP contribution in [0.3, 0.4) is 0 Å². The average molecular weight is 289 g/mol. The smallest absolute Gasteiger partial charge is 0.134 e. The van der Waals surface area contributed by atoms with E-state index in [1.807, 2.05) is 6.92 Å². The van der Waals surface area contributed by atoms with Gasteiger partial charge in [-0.2, -0.15) is 0 Å². The summed E-state index contributed by atoms with van der Waals surface area (Å²) in [4.78, 5) is 0. The van der Waals surface area contributed by atoms with Crippen LogP contribution < -0.4 is 4.74 Å². The van der Waals surface area contributed by atoms with Gasteiger partial charge >= 0.3 is 0 Å². The standard InChI is InChI=1S/C15H19ClF2O/c1-3-15(6-4-5-7-15)14(16)13-11(17)8-10(19-2)9-12(13)18/h8-9,14H,3-7H2,1-2H3. The summed E-state index contributed by atoms with van der Waals surface area (Å²) >= 11 is 6.45. The lowest BCUT2D eigenvalue weighted by Crippen LogP contribution is -2.23. The number of benzene rings is 1. The first-order valence-corrected chi connectivity index (χ1v) is 7.14. The Morgan fingerprint density at radius 3 is 2.21 bits per heavy atom. The molecule has 1 aromatic rings. The molecule has 1 atom stereocenters. The topological polar surface area (TPSA) is 9.23 Å². The van der Waals surface area contributed by atoms with Gasteiger partial charge in [0.2, 0.25) is 0 Å². The molecule has 0 spiro atoms. The first-order valence-electron chi connectivity index (χ1n) is 6.71. The second-order valence-corrected chi connectivity index (χ2v) is 5.73. The molecule has 0 amide bonds. The van der Waals surface area contributed by atoms with Crippen LogP contribution in [0.15, 0.2) is 12.1 Å². The highest BCUT2D eigenvalue weighted by Crippen LogP contribution is 2.54. The summed E-state index contributed by atoms with van der Waals surface area (Å²) < 4.78 is 33.1. The molecule has 0 aromatic heterocycles. The second kappa shape index (κ2) is 5.66. The third kappa shape index (κ3) is 2.58. The maximum absolute atomic E-state index is 14.1. The Labute approximate surface area is 117 Å². The lowest BCUT2D eigenvalue weighted by atomic mass is 9.77. The Morgan fingerprint density at radius 1 is 1.26 bits per heavy atom. The molecule has 1 fully saturated rings. The summed E-state index contributed by atoms with van der Waals surface area (Å²) in [5.74, 6) is -1.05. The molecule has 1 aliphatic carbocycles. The Balaban J connectivity index is 2.41. The van der Waals surface area contributed by atoms with Crippen LogP contribution in [-0.2, 0) is 0 Å². The quantitative estimate of drug-likeness (QED) is 0.690. The predicted octanol–water partition coefficient (Wildman–Crippen LogP) is 5.22. The predicted molar refractivity (Wildman–Crippen MR) is 72.7 cm³/mol. The van der Waals surface area contributed by atoms with Gasteiger partial charge < -0.3 is 4.74 Å². The van der Waals surface area contributed by atoms with Gasteiger partial charge in [-0.25, -0.2) is 8.78 Å². The van der Waals surface area contributed by atoms with Crippen molar-refractivity contribution in [2.45, 2.75) is 44.4 Å². The zero-order valence-corrected chi connectivity index (χ0v) is 12.1. The van der Waals surface area contributed by atoms with Crippen LogP contribution in [0.1, 0.15) is 50.0 Å². The molecule has 0 heterocycles. The Bertz CT molecular complexity index is 432. The molecule has 0 radical (unpaired) electrons. The van der Waals surface area contributed by atoms with Crippen LogP contribution in [0.4, 0.5) is 8.78 Å². The summed E-state index contributed by atoms with van der Waals surface area (Å²) in [6, 6.07) is 2.40. The molecule has 1 nitrogen and oxygen atoms in total. The molecular formula is C15H19ClF2O. The molecular weight excluding hydrogens is 270 g/mol. The van der Waals surface area contributed by atoms with E-state index in [-0.39, 0.29) is 16.7 Å². The van der Waals surface area contributed by atoms with Crippen molar-refractivity contribution in [3.8, 4) is 5.75 Å². The van der Waals surface area contributed by atoms with Crippen molar-refractivity contribution in [3.63, 3.8) is 0 Å². The van der Waals surface area contributed by atoms with Crippen molar-refractivity contribution < 1.29 is 13.5 Å². The molecule has 1 saturated carbocycles. The molecule has 0 bridgehead atoms. The molecule has 0 N–H and O–H groups in total. The summed E-state index contributed by atoms with van der Waals surface area (Å²) in [5, 5.41) is -0.620. The minimum atomic E-state index is -0.620. The molecule has 0 saturated heterocycles. The Hall–Kier alpha value is -0.830. The summed E-state index contributed by atoms with van der Waals surface area (Å²) in [5.41, 5.74) is -0.191. The zero-order valence-electron chi connectivity index (χ0n) is 11.3. The van der Waals surface area contributed by atoms with Crippen LogP contribution in [0.2, 0.25) is 0 Å². The monoisotopic (exact) mass is 288 g/mol. The number of halogens is 3. The van der Waals surface area contributed by atoms with Gasteiger partial charge in [0, 0.05) is 17.7 Å². The van der Waals surface area contributed by atoms with E-state index >= 15 is 0 Å². The molecule has 1 aromatic carbocycles. The van der Waals surface area contributed by atoms with Gasteiger partial charge in [-0.3, -0.25) is 0 Å². The first-order chi connectivity index (χ1) is 9.04. The van der Waals surface area contributed by atoms with E-state index in [9.17, 15) is 8.78 Å². The van der Waals surface area contributed by atoms with Gasteiger partial charge in [-0.1, -0.05) is 19.8 Å². The van der Waals surface area contributed by atoms with Crippen LogP contribution in [-0.4, -0.2) is 7.11 Å². The van der Waals surface area contributed by atoms with Crippen molar-refractivity contribution in [2.75, 3.05) is 7.11 Å². The number of methoxy groups -OCH3 is 1. The second-order valence-electron chi connectivity index (χ2n) is 5.29. The van der Waals surface area contributed by atoms with Gasteiger partial charge in [0.25, 0.3) is 0 Å². The van der Waals surface area contributed by atoms with Gasteiger partial charge in [0.05, 0.1) is 12.5 Å². The highest BCUT2D eigenvalue weighted by atomic mass is 35.5. The Kier molecular flexibility index (Phi) is 4.34. The number of alkyl halides is 1. The van der Waals surface area contributed by atoms with E-state index in [4.69, 9.17) is 16.3 Å². The number of ether oxygens (including phenoxy) is 1. The highest BCUT2D eigenvalue weighted by Gasteiger charge is 2.41. The third-order valence-corrected chi connectivity index (χ3v) is 5.06. The minimum absolute atomic E-state index is 0.00813. The van der Waals surface area contributed by atoms with E-state index < -0.39 is 17.0 Å². The molecule has 106 valence electrons. The lowest BCUT2D eigenvalue weighted by Gasteiger charge is -2.33. The number of rotatable bonds is 4. The molecule has 4 heteroatoms. The van der Waals surface area contributed by atoms with E-state index in [0.29, 0.717) is 0 Å². The Morgan fingerprint density at radius 2 is 1.79 bits per heavy atom. The largest absolute Gasteiger partial charge is 0.497 e. The minimum Gasteiger partial charge on any atom is -0.497 e. The van der Waals surface area contributed by atoms with Crippen LogP contribution in [0, 0.1) is 17.0 Å².